The summed E-state index contributed by atoms with van der Waals surface area (Å²) in [5.41, 5.74) is -0.267. The second kappa shape index (κ2) is 8.53. The van der Waals surface area contributed by atoms with Crippen LogP contribution in [0.4, 0.5) is 13.2 Å². The number of amides is 1. The number of rotatable bonds is 6. The molecule has 0 unspecified atom stereocenters. The van der Waals surface area contributed by atoms with E-state index in [0.29, 0.717) is 11.1 Å². The summed E-state index contributed by atoms with van der Waals surface area (Å²) in [5, 5.41) is 3.17. The van der Waals surface area contributed by atoms with Crippen molar-refractivity contribution in [2.24, 2.45) is 0 Å². The van der Waals surface area contributed by atoms with E-state index in [1.54, 1.807) is 24.3 Å². The molecule has 1 N–H and O–H groups in total. The van der Waals surface area contributed by atoms with Crippen molar-refractivity contribution in [3.05, 3.63) is 88.3 Å². The summed E-state index contributed by atoms with van der Waals surface area (Å²) in [5.74, 6) is -1.42. The highest BCUT2D eigenvalue weighted by Crippen LogP contribution is 2.31. The number of halogens is 4. The second-order valence-electron chi connectivity index (χ2n) is 6.36. The largest absolute Gasteiger partial charge is 0.455 e. The number of carbonyl (C=O) groups is 1. The highest BCUT2D eigenvalue weighted by molar-refractivity contribution is 7.90. The molecule has 0 aliphatic heterocycles. The SMILES string of the molecule is O=C(NCc1ccc(Cl)cc1)c1ccc(CS(=O)(=O)c2cccc(C(F)(F)F)c2)o1. The number of carbonyl (C=O) groups excluding carboxylic acids is 1. The van der Waals surface area contributed by atoms with E-state index in [1.165, 1.54) is 12.1 Å². The molecule has 0 bridgehead atoms. The summed E-state index contributed by atoms with van der Waals surface area (Å²) in [6.45, 7) is 0.203. The summed E-state index contributed by atoms with van der Waals surface area (Å²) < 4.78 is 68.7. The van der Waals surface area contributed by atoms with E-state index in [1.807, 2.05) is 0 Å². The number of sulfone groups is 1. The molecule has 158 valence electrons. The summed E-state index contributed by atoms with van der Waals surface area (Å²) in [7, 11) is -4.11. The average molecular weight is 458 g/mol. The third-order valence-corrected chi connectivity index (χ3v) is 5.99. The van der Waals surface area contributed by atoms with Gasteiger partial charge < -0.3 is 9.73 Å². The van der Waals surface area contributed by atoms with Crippen LogP contribution < -0.4 is 5.32 Å². The summed E-state index contributed by atoms with van der Waals surface area (Å²) in [6, 6.07) is 12.9. The maximum absolute atomic E-state index is 12.8. The van der Waals surface area contributed by atoms with Crippen molar-refractivity contribution < 1.29 is 30.8 Å². The number of alkyl halides is 3. The monoisotopic (exact) mass is 457 g/mol. The number of nitrogens with one attached hydrogen (secondary N) is 1. The molecule has 0 spiro atoms. The number of benzene rings is 2. The van der Waals surface area contributed by atoms with Gasteiger partial charge in [0.25, 0.3) is 5.91 Å². The maximum Gasteiger partial charge on any atom is 0.416 e. The van der Waals surface area contributed by atoms with Gasteiger partial charge in [-0.25, -0.2) is 8.42 Å². The Morgan fingerprint density at radius 1 is 1.03 bits per heavy atom. The Morgan fingerprint density at radius 2 is 1.73 bits per heavy atom. The van der Waals surface area contributed by atoms with Gasteiger partial charge in [0, 0.05) is 11.6 Å². The van der Waals surface area contributed by atoms with Gasteiger partial charge in [-0.15, -0.1) is 0 Å². The molecule has 0 saturated heterocycles. The highest BCUT2D eigenvalue weighted by atomic mass is 35.5. The Bertz CT molecular complexity index is 1160. The van der Waals surface area contributed by atoms with Crippen LogP contribution in [0.1, 0.15) is 27.4 Å². The smallest absolute Gasteiger partial charge is 0.416 e. The minimum absolute atomic E-state index is 0.0657. The maximum atomic E-state index is 12.8. The zero-order valence-electron chi connectivity index (χ0n) is 15.2. The van der Waals surface area contributed by atoms with Gasteiger partial charge in [0.2, 0.25) is 0 Å². The molecule has 0 radical (unpaired) electrons. The fraction of sp³-hybridized carbons (Fsp3) is 0.150. The molecule has 0 aliphatic rings. The fourth-order valence-electron chi connectivity index (χ4n) is 2.59. The average Bonchev–Trinajstić information content (AvgIpc) is 3.14. The van der Waals surface area contributed by atoms with Crippen molar-refractivity contribution in [1.82, 2.24) is 5.32 Å². The van der Waals surface area contributed by atoms with E-state index in [9.17, 15) is 26.4 Å². The topological polar surface area (TPSA) is 76.4 Å². The lowest BCUT2D eigenvalue weighted by Crippen LogP contribution is -2.22. The third-order valence-electron chi connectivity index (χ3n) is 4.10. The fourth-order valence-corrected chi connectivity index (χ4v) is 4.00. The first-order chi connectivity index (χ1) is 14.0. The van der Waals surface area contributed by atoms with E-state index < -0.39 is 38.1 Å². The molecule has 3 rings (SSSR count). The van der Waals surface area contributed by atoms with Gasteiger partial charge in [-0.2, -0.15) is 13.2 Å². The van der Waals surface area contributed by atoms with Crippen LogP contribution >= 0.6 is 11.6 Å². The van der Waals surface area contributed by atoms with Crippen LogP contribution in [0.2, 0.25) is 5.02 Å². The number of furan rings is 1. The molecule has 1 heterocycles. The van der Waals surface area contributed by atoms with E-state index in [-0.39, 0.29) is 18.1 Å². The van der Waals surface area contributed by atoms with Gasteiger partial charge >= 0.3 is 6.18 Å². The van der Waals surface area contributed by atoms with Crippen LogP contribution in [0, 0.1) is 0 Å². The molecule has 0 aliphatic carbocycles. The summed E-state index contributed by atoms with van der Waals surface area (Å²) >= 11 is 5.79. The van der Waals surface area contributed by atoms with Gasteiger partial charge in [-0.05, 0) is 48.0 Å². The van der Waals surface area contributed by atoms with E-state index in [0.717, 1.165) is 23.8 Å². The minimum Gasteiger partial charge on any atom is -0.455 e. The molecule has 5 nitrogen and oxygen atoms in total. The van der Waals surface area contributed by atoms with Crippen molar-refractivity contribution in [1.29, 1.82) is 0 Å². The molecule has 30 heavy (non-hydrogen) atoms. The first-order valence-electron chi connectivity index (χ1n) is 8.56. The molecule has 0 atom stereocenters. The normalized spacial score (nSPS) is 12.0. The van der Waals surface area contributed by atoms with Crippen LogP contribution in [-0.4, -0.2) is 14.3 Å². The lowest BCUT2D eigenvalue weighted by molar-refractivity contribution is -0.137. The Morgan fingerprint density at radius 3 is 2.40 bits per heavy atom. The summed E-state index contributed by atoms with van der Waals surface area (Å²) in [4.78, 5) is 11.7. The van der Waals surface area contributed by atoms with Gasteiger partial charge in [0.1, 0.15) is 11.5 Å². The first kappa shape index (κ1) is 21.9. The van der Waals surface area contributed by atoms with E-state index in [4.69, 9.17) is 16.0 Å². The van der Waals surface area contributed by atoms with Gasteiger partial charge in [0.05, 0.1) is 10.5 Å². The quantitative estimate of drug-likeness (QED) is 0.573. The molecule has 0 saturated carbocycles. The van der Waals surface area contributed by atoms with Crippen molar-refractivity contribution in [3.63, 3.8) is 0 Å². The van der Waals surface area contributed by atoms with Gasteiger partial charge in [-0.3, -0.25) is 4.79 Å². The molecular weight excluding hydrogens is 443 g/mol. The Balaban J connectivity index is 1.68. The third kappa shape index (κ3) is 5.43. The van der Waals surface area contributed by atoms with E-state index >= 15 is 0 Å². The molecule has 0 fully saturated rings. The van der Waals surface area contributed by atoms with Crippen molar-refractivity contribution in [3.8, 4) is 0 Å². The van der Waals surface area contributed by atoms with Crippen LogP contribution in [0.25, 0.3) is 0 Å². The lowest BCUT2D eigenvalue weighted by atomic mass is 10.2. The minimum atomic E-state index is -4.66. The predicted molar refractivity (Wildman–Crippen MR) is 104 cm³/mol. The molecular formula is C20H15ClF3NO4S. The zero-order chi connectivity index (χ0) is 21.9. The standard InChI is InChI=1S/C20H15ClF3NO4S/c21-15-6-4-13(5-7-15)11-25-19(26)18-9-8-16(29-18)12-30(27,28)17-3-1-2-14(10-17)20(22,23)24/h1-10H,11-12H2,(H,25,26). The lowest BCUT2D eigenvalue weighted by Gasteiger charge is -2.09. The zero-order valence-corrected chi connectivity index (χ0v) is 16.8. The van der Waals surface area contributed by atoms with Crippen LogP contribution in [0.5, 0.6) is 0 Å². The predicted octanol–water partition coefficient (Wildman–Crippen LogP) is 4.86. The highest BCUT2D eigenvalue weighted by Gasteiger charge is 2.32. The Labute approximate surface area is 175 Å². The Hall–Kier alpha value is -2.78. The van der Waals surface area contributed by atoms with Crippen molar-refractivity contribution >= 4 is 27.3 Å². The number of hydrogen-bond donors (Lipinski definition) is 1. The van der Waals surface area contributed by atoms with Crippen molar-refractivity contribution in [2.75, 3.05) is 0 Å². The van der Waals surface area contributed by atoms with Crippen LogP contribution in [0.15, 0.2) is 70.0 Å². The van der Waals surface area contributed by atoms with E-state index in [2.05, 4.69) is 5.32 Å². The van der Waals surface area contributed by atoms with Crippen LogP contribution in [0.3, 0.4) is 0 Å². The summed E-state index contributed by atoms with van der Waals surface area (Å²) in [6.07, 6.45) is -4.66. The molecule has 2 aromatic carbocycles. The second-order valence-corrected chi connectivity index (χ2v) is 8.79. The first-order valence-corrected chi connectivity index (χ1v) is 10.6. The van der Waals surface area contributed by atoms with Gasteiger partial charge in [0.15, 0.2) is 15.6 Å². The molecule has 10 heteroatoms. The molecule has 3 aromatic rings. The van der Waals surface area contributed by atoms with Crippen LogP contribution in [-0.2, 0) is 28.3 Å². The molecule has 1 amide bonds. The van der Waals surface area contributed by atoms with Crippen molar-refractivity contribution in [2.45, 2.75) is 23.4 Å². The number of hydrogen-bond acceptors (Lipinski definition) is 4. The molecule has 1 aromatic heterocycles. The Kier molecular flexibility index (Phi) is 6.23. The van der Waals surface area contributed by atoms with Gasteiger partial charge in [-0.1, -0.05) is 29.8 Å².